The number of amides is 1. The van der Waals surface area contributed by atoms with Gasteiger partial charge in [0.15, 0.2) is 16.6 Å². The number of aromatic nitrogens is 4. The second-order valence-corrected chi connectivity index (χ2v) is 8.68. The normalized spacial score (nSPS) is 11.4. The molecule has 0 aliphatic carbocycles. The number of aliphatic hydroxyl groups is 2. The summed E-state index contributed by atoms with van der Waals surface area (Å²) in [7, 11) is 0. The second-order valence-electron chi connectivity index (χ2n) is 7.82. The van der Waals surface area contributed by atoms with E-state index in [0.717, 1.165) is 37.4 Å². The summed E-state index contributed by atoms with van der Waals surface area (Å²) in [5.41, 5.74) is 0.615. The molecule has 0 saturated heterocycles. The number of nitrogens with one attached hydrogen (secondary N) is 1. The predicted octanol–water partition coefficient (Wildman–Crippen LogP) is 1.97. The van der Waals surface area contributed by atoms with Crippen molar-refractivity contribution in [2.75, 3.05) is 46.0 Å². The van der Waals surface area contributed by atoms with E-state index in [1.54, 1.807) is 17.5 Å². The van der Waals surface area contributed by atoms with Gasteiger partial charge in [-0.25, -0.2) is 9.37 Å². The Balaban J connectivity index is 1.78. The topological polar surface area (TPSA) is 126 Å². The monoisotopic (exact) mass is 506 g/mol. The molecule has 0 bridgehead atoms. The summed E-state index contributed by atoms with van der Waals surface area (Å²) in [5.74, 6) is -0.471. The van der Waals surface area contributed by atoms with Crippen LogP contribution in [0.25, 0.3) is 17.2 Å². The van der Waals surface area contributed by atoms with Crippen molar-refractivity contribution in [2.24, 2.45) is 5.92 Å². The Kier molecular flexibility index (Phi) is 10.1. The van der Waals surface area contributed by atoms with Crippen LogP contribution in [0.2, 0.25) is 0 Å². The minimum Gasteiger partial charge on any atom is -0.462 e. The zero-order chi connectivity index (χ0) is 25.2. The molecule has 3 aromatic rings. The fourth-order valence-electron chi connectivity index (χ4n) is 3.26. The van der Waals surface area contributed by atoms with Crippen molar-refractivity contribution in [3.8, 4) is 23.2 Å². The third kappa shape index (κ3) is 7.28. The van der Waals surface area contributed by atoms with Crippen LogP contribution in [0.4, 0.5) is 4.39 Å². The summed E-state index contributed by atoms with van der Waals surface area (Å²) in [4.78, 5) is 23.6. The van der Waals surface area contributed by atoms with Crippen LogP contribution in [0, 0.1) is 11.7 Å². The van der Waals surface area contributed by atoms with Crippen molar-refractivity contribution in [3.63, 3.8) is 0 Å². The van der Waals surface area contributed by atoms with Crippen molar-refractivity contribution in [1.29, 1.82) is 0 Å². The van der Waals surface area contributed by atoms with Gasteiger partial charge in [0.05, 0.1) is 6.61 Å². The van der Waals surface area contributed by atoms with Crippen molar-refractivity contribution in [1.82, 2.24) is 30.0 Å². The van der Waals surface area contributed by atoms with Gasteiger partial charge < -0.3 is 25.2 Å². The molecule has 0 atom stereocenters. The van der Waals surface area contributed by atoms with E-state index in [1.165, 1.54) is 16.8 Å². The molecule has 0 spiro atoms. The second kappa shape index (κ2) is 13.2. The molecule has 12 heteroatoms. The maximum atomic E-state index is 13.5. The van der Waals surface area contributed by atoms with Crippen molar-refractivity contribution >= 4 is 17.2 Å². The molecule has 0 aliphatic rings. The van der Waals surface area contributed by atoms with Gasteiger partial charge in [0, 0.05) is 43.2 Å². The Hall–Kier alpha value is -2.93. The Morgan fingerprint density at radius 2 is 1.91 bits per heavy atom. The predicted molar refractivity (Wildman–Crippen MR) is 130 cm³/mol. The molecule has 3 rings (SSSR count). The van der Waals surface area contributed by atoms with E-state index in [1.807, 2.05) is 0 Å². The van der Waals surface area contributed by atoms with Crippen LogP contribution in [0.1, 0.15) is 30.1 Å². The van der Waals surface area contributed by atoms with Gasteiger partial charge in [-0.05, 0) is 43.8 Å². The molecule has 10 nitrogen and oxygen atoms in total. The van der Waals surface area contributed by atoms with E-state index >= 15 is 0 Å². The van der Waals surface area contributed by atoms with Crippen LogP contribution in [-0.2, 0) is 0 Å². The zero-order valence-corrected chi connectivity index (χ0v) is 20.7. The highest BCUT2D eigenvalue weighted by Crippen LogP contribution is 2.25. The lowest BCUT2D eigenvalue weighted by Gasteiger charge is -2.17. The highest BCUT2D eigenvalue weighted by atomic mass is 32.1. The van der Waals surface area contributed by atoms with Gasteiger partial charge in [0.2, 0.25) is 0 Å². The Morgan fingerprint density at radius 3 is 2.57 bits per heavy atom. The molecule has 0 fully saturated rings. The fraction of sp³-hybridized carbons (Fsp3) is 0.478. The average Bonchev–Trinajstić information content (AvgIpc) is 3.53. The maximum absolute atomic E-state index is 13.5. The maximum Gasteiger partial charge on any atom is 0.336 e. The Labute approximate surface area is 207 Å². The van der Waals surface area contributed by atoms with Crippen molar-refractivity contribution in [2.45, 2.75) is 20.3 Å². The van der Waals surface area contributed by atoms with Crippen molar-refractivity contribution in [3.05, 3.63) is 40.5 Å². The van der Waals surface area contributed by atoms with E-state index in [-0.39, 0.29) is 36.6 Å². The Bertz CT molecular complexity index is 1070. The van der Waals surface area contributed by atoms with Crippen LogP contribution in [0.3, 0.4) is 0 Å². The van der Waals surface area contributed by atoms with E-state index in [9.17, 15) is 9.18 Å². The van der Waals surface area contributed by atoms with E-state index in [0.29, 0.717) is 23.8 Å². The number of nitrogens with zero attached hydrogens (tertiary/aromatic N) is 5. The summed E-state index contributed by atoms with van der Waals surface area (Å²) < 4.78 is 20.7. The molecule has 2 heterocycles. The van der Waals surface area contributed by atoms with Crippen molar-refractivity contribution < 1.29 is 24.1 Å². The molecular formula is C23H31FN6O4S. The lowest BCUT2D eigenvalue weighted by molar-refractivity contribution is 0.0921. The first-order valence-corrected chi connectivity index (χ1v) is 12.4. The number of carbonyl (C=O) groups is 1. The van der Waals surface area contributed by atoms with Gasteiger partial charge >= 0.3 is 6.01 Å². The fourth-order valence-corrected chi connectivity index (χ4v) is 3.95. The van der Waals surface area contributed by atoms with Crippen LogP contribution in [0.5, 0.6) is 6.01 Å². The van der Waals surface area contributed by atoms with Gasteiger partial charge in [-0.2, -0.15) is 9.67 Å². The number of thiazole rings is 1. The third-order valence-electron chi connectivity index (χ3n) is 5.41. The van der Waals surface area contributed by atoms with Crippen LogP contribution in [0.15, 0.2) is 29.6 Å². The number of hydrogen-bond donors (Lipinski definition) is 3. The molecule has 1 aromatic carbocycles. The molecule has 35 heavy (non-hydrogen) atoms. The Morgan fingerprint density at radius 1 is 1.20 bits per heavy atom. The smallest absolute Gasteiger partial charge is 0.336 e. The average molecular weight is 507 g/mol. The van der Waals surface area contributed by atoms with Gasteiger partial charge in [-0.1, -0.05) is 13.8 Å². The zero-order valence-electron chi connectivity index (χ0n) is 19.9. The number of rotatable bonds is 14. The molecule has 1 amide bonds. The van der Waals surface area contributed by atoms with Crippen LogP contribution < -0.4 is 10.1 Å². The summed E-state index contributed by atoms with van der Waals surface area (Å²) in [6, 6.07) is 6.00. The number of carbonyl (C=O) groups excluding carboxylic acids is 1. The molecule has 0 unspecified atom stereocenters. The molecule has 190 valence electrons. The molecule has 2 aromatic heterocycles. The largest absolute Gasteiger partial charge is 0.462 e. The quantitative estimate of drug-likeness (QED) is 0.284. The highest BCUT2D eigenvalue weighted by Gasteiger charge is 2.20. The number of hydrogen-bond acceptors (Lipinski definition) is 9. The molecule has 3 N–H and O–H groups in total. The molecule has 0 radical (unpaired) electrons. The van der Waals surface area contributed by atoms with E-state index in [4.69, 9.17) is 14.9 Å². The number of aliphatic hydroxyl groups excluding tert-OH is 2. The lowest BCUT2D eigenvalue weighted by atomic mass is 10.2. The standard InChI is InChI=1S/C23H31FN6O4S/c1-3-29(4-2)10-5-11-34-23-27-20(17-6-8-18(24)9-7-17)30(28-23)19-15-35-22(26-19)21(33)25-12-16(13-31)14-32/h6-9,15-16,31-32H,3-5,10-14H2,1-2H3,(H,25,33). The van der Waals surface area contributed by atoms with Gasteiger partial charge in [-0.15, -0.1) is 16.4 Å². The lowest BCUT2D eigenvalue weighted by Crippen LogP contribution is -2.32. The number of ether oxygens (including phenoxy) is 1. The van der Waals surface area contributed by atoms with Gasteiger partial charge in [-0.3, -0.25) is 4.79 Å². The number of benzene rings is 1. The van der Waals surface area contributed by atoms with Crippen LogP contribution >= 0.6 is 11.3 Å². The summed E-state index contributed by atoms with van der Waals surface area (Å²) in [6.07, 6.45) is 0.811. The van der Waals surface area contributed by atoms with E-state index < -0.39 is 11.8 Å². The first-order chi connectivity index (χ1) is 17.0. The summed E-state index contributed by atoms with van der Waals surface area (Å²) in [5, 5.41) is 27.3. The highest BCUT2D eigenvalue weighted by molar-refractivity contribution is 7.11. The molecular weight excluding hydrogens is 475 g/mol. The van der Waals surface area contributed by atoms with E-state index in [2.05, 4.69) is 39.1 Å². The first-order valence-electron chi connectivity index (χ1n) is 11.5. The third-order valence-corrected chi connectivity index (χ3v) is 6.23. The SMILES string of the molecule is CCN(CC)CCCOc1nc(-c2ccc(F)cc2)n(-c2csc(C(=O)NCC(CO)CO)n2)n1. The minimum absolute atomic E-state index is 0.121. The molecule has 0 saturated carbocycles. The first kappa shape index (κ1) is 26.7. The molecule has 0 aliphatic heterocycles. The minimum atomic E-state index is -0.444. The van der Waals surface area contributed by atoms with Gasteiger partial charge in [0.25, 0.3) is 5.91 Å². The summed E-state index contributed by atoms with van der Waals surface area (Å²) in [6.45, 7) is 7.15. The van der Waals surface area contributed by atoms with Crippen LogP contribution in [-0.4, -0.2) is 86.8 Å². The van der Waals surface area contributed by atoms with Gasteiger partial charge in [0.1, 0.15) is 5.82 Å². The summed E-state index contributed by atoms with van der Waals surface area (Å²) >= 11 is 1.12. The number of halogens is 1.